The van der Waals surface area contributed by atoms with E-state index in [1.54, 1.807) is 36.4 Å². The second-order valence-electron chi connectivity index (χ2n) is 6.63. The van der Waals surface area contributed by atoms with E-state index in [1.165, 1.54) is 6.21 Å². The Labute approximate surface area is 196 Å². The zero-order chi connectivity index (χ0) is 22.2. The summed E-state index contributed by atoms with van der Waals surface area (Å²) in [6.07, 6.45) is 1.48. The summed E-state index contributed by atoms with van der Waals surface area (Å²) >= 11 is 6.50. The van der Waals surface area contributed by atoms with Crippen molar-refractivity contribution < 1.29 is 14.7 Å². The number of benzene rings is 3. The Bertz CT molecular complexity index is 1070. The molecule has 0 heterocycles. The molecule has 3 N–H and O–H groups in total. The monoisotopic (exact) mass is 543 g/mol. The maximum Gasteiger partial charge on any atom is 0.251 e. The minimum atomic E-state index is -0.513. The van der Waals surface area contributed by atoms with Crippen LogP contribution in [-0.4, -0.2) is 23.1 Å². The number of hydrazone groups is 1. The SMILES string of the molecule is O=C(C[C@@H](NC(=O)c1ccccc1)c1ccccc1)N/N=C\c1cc(Br)c(O)c(Br)c1. The molecule has 0 aliphatic heterocycles. The van der Waals surface area contributed by atoms with E-state index in [0.717, 1.165) is 5.56 Å². The number of carbonyl (C=O) groups is 2. The predicted molar refractivity (Wildman–Crippen MR) is 127 cm³/mol. The highest BCUT2D eigenvalue weighted by atomic mass is 79.9. The van der Waals surface area contributed by atoms with Crippen LogP contribution in [0.3, 0.4) is 0 Å². The molecule has 3 aromatic carbocycles. The van der Waals surface area contributed by atoms with Crippen LogP contribution in [0, 0.1) is 0 Å². The van der Waals surface area contributed by atoms with Gasteiger partial charge in [-0.15, -0.1) is 0 Å². The van der Waals surface area contributed by atoms with Gasteiger partial charge >= 0.3 is 0 Å². The highest BCUT2D eigenvalue weighted by Crippen LogP contribution is 2.32. The summed E-state index contributed by atoms with van der Waals surface area (Å²) in [6, 6.07) is 21.0. The van der Waals surface area contributed by atoms with Gasteiger partial charge in [-0.25, -0.2) is 5.43 Å². The molecule has 3 rings (SSSR count). The fourth-order valence-corrected chi connectivity index (χ4v) is 4.06. The van der Waals surface area contributed by atoms with Crippen LogP contribution >= 0.6 is 31.9 Å². The van der Waals surface area contributed by atoms with E-state index in [1.807, 2.05) is 36.4 Å². The average Bonchev–Trinajstić information content (AvgIpc) is 2.78. The summed E-state index contributed by atoms with van der Waals surface area (Å²) in [6.45, 7) is 0. The zero-order valence-corrected chi connectivity index (χ0v) is 19.4. The quantitative estimate of drug-likeness (QED) is 0.291. The van der Waals surface area contributed by atoms with Crippen molar-refractivity contribution in [1.29, 1.82) is 0 Å². The third-order valence-corrected chi connectivity index (χ3v) is 5.58. The van der Waals surface area contributed by atoms with Crippen molar-refractivity contribution in [2.75, 3.05) is 0 Å². The number of nitrogens with one attached hydrogen (secondary N) is 2. The molecule has 0 fully saturated rings. The summed E-state index contributed by atoms with van der Waals surface area (Å²) in [5.74, 6) is -0.527. The number of rotatable bonds is 7. The van der Waals surface area contributed by atoms with Gasteiger partial charge in [0.2, 0.25) is 5.91 Å². The minimum absolute atomic E-state index is 0.0168. The van der Waals surface area contributed by atoms with Gasteiger partial charge < -0.3 is 10.4 Å². The average molecular weight is 545 g/mol. The van der Waals surface area contributed by atoms with E-state index in [2.05, 4.69) is 47.7 Å². The van der Waals surface area contributed by atoms with E-state index >= 15 is 0 Å². The summed E-state index contributed by atoms with van der Waals surface area (Å²) in [5.41, 5.74) is 4.49. The Hall–Kier alpha value is -2.97. The van der Waals surface area contributed by atoms with Crippen molar-refractivity contribution in [2.45, 2.75) is 12.5 Å². The molecule has 0 spiro atoms. The van der Waals surface area contributed by atoms with Gasteiger partial charge in [0, 0.05) is 5.56 Å². The largest absolute Gasteiger partial charge is 0.506 e. The van der Waals surface area contributed by atoms with E-state index < -0.39 is 6.04 Å². The van der Waals surface area contributed by atoms with Gasteiger partial charge in [0.25, 0.3) is 5.91 Å². The highest BCUT2D eigenvalue weighted by Gasteiger charge is 2.19. The van der Waals surface area contributed by atoms with Crippen molar-refractivity contribution in [3.8, 4) is 5.75 Å². The number of phenolic OH excluding ortho intramolecular Hbond substituents is 1. The summed E-state index contributed by atoms with van der Waals surface area (Å²) in [7, 11) is 0. The first-order valence-corrected chi connectivity index (χ1v) is 10.9. The summed E-state index contributed by atoms with van der Waals surface area (Å²) in [4.78, 5) is 25.1. The molecule has 0 aliphatic rings. The fraction of sp³-hybridized carbons (Fsp3) is 0.0870. The number of aromatic hydroxyl groups is 1. The molecule has 0 aliphatic carbocycles. The second-order valence-corrected chi connectivity index (χ2v) is 8.34. The lowest BCUT2D eigenvalue weighted by molar-refractivity contribution is -0.121. The number of halogens is 2. The Morgan fingerprint density at radius 3 is 2.16 bits per heavy atom. The molecule has 2 amide bonds. The van der Waals surface area contributed by atoms with Gasteiger partial charge in [-0.1, -0.05) is 48.5 Å². The maximum atomic E-state index is 12.6. The first-order valence-electron chi connectivity index (χ1n) is 9.35. The van der Waals surface area contributed by atoms with Gasteiger partial charge in [-0.05, 0) is 67.3 Å². The molecule has 158 valence electrons. The molecule has 0 radical (unpaired) electrons. The van der Waals surface area contributed by atoms with Crippen LogP contribution in [-0.2, 0) is 4.79 Å². The number of phenols is 1. The van der Waals surface area contributed by atoms with Crippen LogP contribution in [0.15, 0.2) is 86.8 Å². The second kappa shape index (κ2) is 10.9. The highest BCUT2D eigenvalue weighted by molar-refractivity contribution is 9.11. The van der Waals surface area contributed by atoms with E-state index in [-0.39, 0.29) is 24.0 Å². The van der Waals surface area contributed by atoms with Crippen LogP contribution in [0.25, 0.3) is 0 Å². The van der Waals surface area contributed by atoms with Crippen molar-refractivity contribution in [3.05, 3.63) is 98.4 Å². The first kappa shape index (κ1) is 22.7. The number of amides is 2. The molecule has 3 aromatic rings. The fourth-order valence-electron chi connectivity index (χ4n) is 2.84. The third-order valence-electron chi connectivity index (χ3n) is 4.37. The molecule has 0 unspecified atom stereocenters. The maximum absolute atomic E-state index is 12.6. The van der Waals surface area contributed by atoms with Gasteiger partial charge in [0.15, 0.2) is 0 Å². The van der Waals surface area contributed by atoms with Crippen molar-refractivity contribution >= 4 is 49.9 Å². The van der Waals surface area contributed by atoms with Crippen molar-refractivity contribution in [1.82, 2.24) is 10.7 Å². The van der Waals surface area contributed by atoms with Gasteiger partial charge in [-0.2, -0.15) is 5.10 Å². The lowest BCUT2D eigenvalue weighted by atomic mass is 10.0. The summed E-state index contributed by atoms with van der Waals surface area (Å²) in [5, 5.41) is 16.7. The number of hydrogen-bond acceptors (Lipinski definition) is 4. The zero-order valence-electron chi connectivity index (χ0n) is 16.3. The van der Waals surface area contributed by atoms with Crippen LogP contribution in [0.5, 0.6) is 5.75 Å². The molecular weight excluding hydrogens is 526 g/mol. The van der Waals surface area contributed by atoms with E-state index in [4.69, 9.17) is 0 Å². The van der Waals surface area contributed by atoms with E-state index in [0.29, 0.717) is 20.1 Å². The minimum Gasteiger partial charge on any atom is -0.506 e. The number of nitrogens with zero attached hydrogens (tertiary/aromatic N) is 1. The Balaban J connectivity index is 1.68. The smallest absolute Gasteiger partial charge is 0.251 e. The molecule has 8 heteroatoms. The predicted octanol–water partition coefficient (Wildman–Crippen LogP) is 4.93. The van der Waals surface area contributed by atoms with Crippen LogP contribution in [0.4, 0.5) is 0 Å². The lowest BCUT2D eigenvalue weighted by Crippen LogP contribution is -2.32. The standard InChI is InChI=1S/C23H19Br2N3O3/c24-18-11-15(12-19(25)22(18)30)14-26-28-21(29)13-20(16-7-3-1-4-8-16)27-23(31)17-9-5-2-6-10-17/h1-12,14,20,30H,13H2,(H,27,31)(H,28,29)/b26-14-/t20-/m1/s1. The Morgan fingerprint density at radius 2 is 1.55 bits per heavy atom. The van der Waals surface area contributed by atoms with Crippen molar-refractivity contribution in [2.24, 2.45) is 5.10 Å². The number of carbonyl (C=O) groups excluding carboxylic acids is 2. The normalized spacial score (nSPS) is 11.8. The van der Waals surface area contributed by atoms with Gasteiger partial charge in [0.05, 0.1) is 27.6 Å². The van der Waals surface area contributed by atoms with Gasteiger partial charge in [-0.3, -0.25) is 9.59 Å². The lowest BCUT2D eigenvalue weighted by Gasteiger charge is -2.18. The van der Waals surface area contributed by atoms with Crippen molar-refractivity contribution in [3.63, 3.8) is 0 Å². The van der Waals surface area contributed by atoms with Crippen LogP contribution in [0.2, 0.25) is 0 Å². The Morgan fingerprint density at radius 1 is 0.968 bits per heavy atom. The molecule has 0 bridgehead atoms. The summed E-state index contributed by atoms with van der Waals surface area (Å²) < 4.78 is 1.00. The third kappa shape index (κ3) is 6.50. The van der Waals surface area contributed by atoms with E-state index in [9.17, 15) is 14.7 Å². The molecule has 31 heavy (non-hydrogen) atoms. The molecule has 0 saturated heterocycles. The molecule has 6 nitrogen and oxygen atoms in total. The molecule has 1 atom stereocenters. The molecule has 0 aromatic heterocycles. The van der Waals surface area contributed by atoms with Crippen LogP contribution in [0.1, 0.15) is 33.9 Å². The first-order chi connectivity index (χ1) is 14.9. The topological polar surface area (TPSA) is 90.8 Å². The van der Waals surface area contributed by atoms with Gasteiger partial charge in [0.1, 0.15) is 5.75 Å². The number of hydrogen-bond donors (Lipinski definition) is 3. The molecule has 0 saturated carbocycles. The Kier molecular flexibility index (Phi) is 7.97. The molecular formula is C23H19Br2N3O3. The van der Waals surface area contributed by atoms with Crippen LogP contribution < -0.4 is 10.7 Å².